The largest absolute Gasteiger partial charge is 0.488 e. The van der Waals surface area contributed by atoms with E-state index in [1.54, 1.807) is 12.3 Å². The van der Waals surface area contributed by atoms with Crippen LogP contribution in [0.15, 0.2) is 93.2 Å². The number of rotatable bonds is 5. The highest BCUT2D eigenvalue weighted by atomic mass is 79.9. The van der Waals surface area contributed by atoms with E-state index in [9.17, 15) is 4.79 Å². The number of aryl methyl sites for hydroxylation is 1. The molecule has 0 saturated heterocycles. The van der Waals surface area contributed by atoms with Crippen LogP contribution < -0.4 is 10.3 Å². The molecule has 0 atom stereocenters. The highest BCUT2D eigenvalue weighted by molar-refractivity contribution is 9.10. The number of ether oxygens (including phenoxy) is 1. The first-order valence-corrected chi connectivity index (χ1v) is 13.0. The first-order chi connectivity index (χ1) is 17.7. The molecule has 1 heterocycles. The number of nitrogens with zero attached hydrogens (tertiary/aromatic N) is 3. The molecule has 5 aromatic rings. The van der Waals surface area contributed by atoms with Crippen molar-refractivity contribution in [1.82, 2.24) is 9.66 Å². The van der Waals surface area contributed by atoms with Gasteiger partial charge in [0, 0.05) is 15.5 Å². The zero-order valence-electron chi connectivity index (χ0n) is 21.3. The molecule has 1 aromatic heterocycles. The second-order valence-electron chi connectivity index (χ2n) is 10.2. The number of aromatic nitrogens is 2. The number of hydrogen-bond acceptors (Lipinski definition) is 4. The van der Waals surface area contributed by atoms with Crippen LogP contribution in [0, 0.1) is 6.92 Å². The molecule has 186 valence electrons. The summed E-state index contributed by atoms with van der Waals surface area (Å²) in [6.07, 6.45) is 1.72. The van der Waals surface area contributed by atoms with Gasteiger partial charge >= 0.3 is 0 Å². The molecule has 0 aliphatic heterocycles. The van der Waals surface area contributed by atoms with Gasteiger partial charge in [0.1, 0.15) is 18.2 Å². The maximum absolute atomic E-state index is 13.6. The molecule has 0 spiro atoms. The minimum atomic E-state index is -0.401. The molecule has 0 radical (unpaired) electrons. The van der Waals surface area contributed by atoms with Gasteiger partial charge in [-0.1, -0.05) is 96.9 Å². The van der Waals surface area contributed by atoms with E-state index < -0.39 is 5.41 Å². The molecule has 0 bridgehead atoms. The van der Waals surface area contributed by atoms with Crippen molar-refractivity contribution in [3.05, 3.63) is 116 Å². The van der Waals surface area contributed by atoms with E-state index in [1.165, 1.54) is 10.2 Å². The summed E-state index contributed by atoms with van der Waals surface area (Å²) in [6, 6.07) is 25.9. The van der Waals surface area contributed by atoms with E-state index in [2.05, 4.69) is 53.2 Å². The molecule has 37 heavy (non-hydrogen) atoms. The standard InChI is InChI=1S/C31H28BrN3O2/c1-20-9-11-21(12-10-20)19-37-28-16-13-22-7-5-6-8-24(22)26(28)18-33-35-29(36)25-17-23(32)14-15-27(25)34-30(35)31(2,3)4/h5-18H,19H2,1-4H3. The first kappa shape index (κ1) is 24.9. The first-order valence-electron chi connectivity index (χ1n) is 12.2. The molecule has 5 nitrogen and oxygen atoms in total. The fourth-order valence-electron chi connectivity index (χ4n) is 4.24. The lowest BCUT2D eigenvalue weighted by Gasteiger charge is -2.21. The van der Waals surface area contributed by atoms with Gasteiger partial charge in [0.25, 0.3) is 5.56 Å². The van der Waals surface area contributed by atoms with Crippen LogP contribution in [-0.2, 0) is 12.0 Å². The minimum absolute atomic E-state index is 0.213. The lowest BCUT2D eigenvalue weighted by atomic mass is 9.95. The van der Waals surface area contributed by atoms with Gasteiger partial charge in [-0.15, -0.1) is 0 Å². The van der Waals surface area contributed by atoms with Gasteiger partial charge in [0.15, 0.2) is 0 Å². The Morgan fingerprint density at radius 3 is 2.49 bits per heavy atom. The van der Waals surface area contributed by atoms with E-state index in [1.807, 2.05) is 63.2 Å². The smallest absolute Gasteiger partial charge is 0.282 e. The van der Waals surface area contributed by atoms with Crippen LogP contribution in [0.3, 0.4) is 0 Å². The van der Waals surface area contributed by atoms with E-state index in [0.29, 0.717) is 29.1 Å². The fraction of sp³-hybridized carbons (Fsp3) is 0.194. The van der Waals surface area contributed by atoms with Gasteiger partial charge in [0.2, 0.25) is 0 Å². The average molecular weight is 554 g/mol. The topological polar surface area (TPSA) is 56.5 Å². The fourth-order valence-corrected chi connectivity index (χ4v) is 4.60. The van der Waals surface area contributed by atoms with Crippen LogP contribution in [0.25, 0.3) is 21.7 Å². The predicted octanol–water partition coefficient (Wildman–Crippen LogP) is 7.38. The van der Waals surface area contributed by atoms with Crippen LogP contribution in [0.2, 0.25) is 0 Å². The quantitative estimate of drug-likeness (QED) is 0.213. The molecule has 4 aromatic carbocycles. The van der Waals surface area contributed by atoms with Crippen LogP contribution in [0.5, 0.6) is 5.75 Å². The number of halogens is 1. The Kier molecular flexibility index (Phi) is 6.69. The Bertz CT molecular complexity index is 1700. The Labute approximate surface area is 224 Å². The summed E-state index contributed by atoms with van der Waals surface area (Å²) in [4.78, 5) is 18.4. The Hall–Kier alpha value is -3.77. The van der Waals surface area contributed by atoms with Gasteiger partial charge < -0.3 is 4.74 Å². The summed E-state index contributed by atoms with van der Waals surface area (Å²) in [6.45, 7) is 8.58. The van der Waals surface area contributed by atoms with Crippen molar-refractivity contribution in [3.8, 4) is 5.75 Å². The molecular weight excluding hydrogens is 526 g/mol. The van der Waals surface area contributed by atoms with Crippen molar-refractivity contribution >= 4 is 43.8 Å². The second-order valence-corrected chi connectivity index (χ2v) is 11.1. The molecule has 0 unspecified atom stereocenters. The van der Waals surface area contributed by atoms with Gasteiger partial charge in [0.05, 0.1) is 17.1 Å². The van der Waals surface area contributed by atoms with E-state index in [0.717, 1.165) is 26.4 Å². The van der Waals surface area contributed by atoms with Crippen molar-refractivity contribution in [1.29, 1.82) is 0 Å². The monoisotopic (exact) mass is 553 g/mol. The van der Waals surface area contributed by atoms with E-state index >= 15 is 0 Å². The molecule has 5 rings (SSSR count). The number of benzene rings is 4. The molecular formula is C31H28BrN3O2. The second kappa shape index (κ2) is 9.94. The summed E-state index contributed by atoms with van der Waals surface area (Å²) >= 11 is 3.47. The zero-order valence-corrected chi connectivity index (χ0v) is 22.9. The average Bonchev–Trinajstić information content (AvgIpc) is 2.87. The lowest BCUT2D eigenvalue weighted by Crippen LogP contribution is -2.29. The van der Waals surface area contributed by atoms with Gasteiger partial charge in [-0.05, 0) is 47.5 Å². The van der Waals surface area contributed by atoms with Crippen LogP contribution in [0.4, 0.5) is 0 Å². The summed E-state index contributed by atoms with van der Waals surface area (Å²) in [5.41, 5.74) is 3.13. The van der Waals surface area contributed by atoms with Crippen LogP contribution in [-0.4, -0.2) is 15.9 Å². The van der Waals surface area contributed by atoms with Crippen molar-refractivity contribution in [2.45, 2.75) is 39.7 Å². The number of fused-ring (bicyclic) bond motifs is 2. The van der Waals surface area contributed by atoms with E-state index in [4.69, 9.17) is 14.8 Å². The maximum atomic E-state index is 13.6. The highest BCUT2D eigenvalue weighted by Crippen LogP contribution is 2.28. The van der Waals surface area contributed by atoms with E-state index in [-0.39, 0.29) is 5.56 Å². The van der Waals surface area contributed by atoms with Gasteiger partial charge in [-0.2, -0.15) is 9.78 Å². The minimum Gasteiger partial charge on any atom is -0.488 e. The third-order valence-electron chi connectivity index (χ3n) is 6.23. The Morgan fingerprint density at radius 1 is 0.973 bits per heavy atom. The van der Waals surface area contributed by atoms with Gasteiger partial charge in [-0.25, -0.2) is 4.98 Å². The highest BCUT2D eigenvalue weighted by Gasteiger charge is 2.23. The normalized spacial score (nSPS) is 12.0. The van der Waals surface area contributed by atoms with Crippen LogP contribution >= 0.6 is 15.9 Å². The molecule has 0 N–H and O–H groups in total. The van der Waals surface area contributed by atoms with Crippen molar-refractivity contribution in [3.63, 3.8) is 0 Å². The molecule has 0 saturated carbocycles. The third kappa shape index (κ3) is 5.20. The Balaban J connectivity index is 1.64. The molecule has 0 amide bonds. The molecule has 0 aliphatic carbocycles. The predicted molar refractivity (Wildman–Crippen MR) is 155 cm³/mol. The SMILES string of the molecule is Cc1ccc(COc2ccc3ccccc3c2C=Nn2c(C(C)(C)C)nc3ccc(Br)cc3c2=O)cc1. The molecule has 0 aliphatic rings. The third-order valence-corrected chi connectivity index (χ3v) is 6.72. The summed E-state index contributed by atoms with van der Waals surface area (Å²) < 4.78 is 8.51. The number of hydrogen-bond donors (Lipinski definition) is 0. The van der Waals surface area contributed by atoms with Crippen molar-refractivity contribution < 1.29 is 4.74 Å². The van der Waals surface area contributed by atoms with Gasteiger partial charge in [-0.3, -0.25) is 4.79 Å². The summed E-state index contributed by atoms with van der Waals surface area (Å²) in [7, 11) is 0. The van der Waals surface area contributed by atoms with Crippen molar-refractivity contribution in [2.75, 3.05) is 0 Å². The Morgan fingerprint density at radius 2 is 1.73 bits per heavy atom. The molecule has 0 fully saturated rings. The summed E-state index contributed by atoms with van der Waals surface area (Å²) in [5.74, 6) is 1.29. The molecule has 6 heteroatoms. The summed E-state index contributed by atoms with van der Waals surface area (Å²) in [5, 5.41) is 7.29. The maximum Gasteiger partial charge on any atom is 0.282 e. The van der Waals surface area contributed by atoms with Crippen molar-refractivity contribution in [2.24, 2.45) is 5.10 Å². The van der Waals surface area contributed by atoms with Crippen LogP contribution in [0.1, 0.15) is 43.3 Å². The zero-order chi connectivity index (χ0) is 26.2. The lowest BCUT2D eigenvalue weighted by molar-refractivity contribution is 0.306.